The highest BCUT2D eigenvalue weighted by atomic mass is 35.6. The van der Waals surface area contributed by atoms with Crippen LogP contribution in [-0.4, -0.2) is 52.2 Å². The molecule has 1 amide bonds. The molecule has 0 spiro atoms. The third-order valence-electron chi connectivity index (χ3n) is 4.20. The van der Waals surface area contributed by atoms with Crippen molar-refractivity contribution >= 4 is 68.8 Å². The van der Waals surface area contributed by atoms with Crippen LogP contribution in [0, 0.1) is 0 Å². The number of benzene rings is 2. The molecule has 2 N–H and O–H groups in total. The molecule has 1 aliphatic rings. The van der Waals surface area contributed by atoms with Crippen LogP contribution in [0.1, 0.15) is 10.4 Å². The second-order valence-corrected chi connectivity index (χ2v) is 8.78. The standard InChI is InChI=1S/C18H18Cl3N3O2S/c19-18(20,21)16(23-17(27)24-8-10-26-11-9-24)22-15(25)14-7-3-5-12-4-1-2-6-13(12)14/h1-7,16H,8-11H2,(H,22,25)(H,23,27)/t16-/m1/s1. The number of ether oxygens (including phenoxy) is 1. The first-order valence-corrected chi connectivity index (χ1v) is 9.89. The van der Waals surface area contributed by atoms with Crippen LogP contribution in [0.5, 0.6) is 0 Å². The molecule has 1 atom stereocenters. The lowest BCUT2D eigenvalue weighted by atomic mass is 10.0. The van der Waals surface area contributed by atoms with Gasteiger partial charge in [-0.2, -0.15) is 0 Å². The third kappa shape index (κ3) is 5.15. The number of nitrogens with one attached hydrogen (secondary N) is 2. The number of carbonyl (C=O) groups excluding carboxylic acids is 1. The first kappa shape index (κ1) is 20.4. The summed E-state index contributed by atoms with van der Waals surface area (Å²) in [6.45, 7) is 2.41. The topological polar surface area (TPSA) is 53.6 Å². The molecule has 1 saturated heterocycles. The Morgan fingerprint density at radius 2 is 1.74 bits per heavy atom. The summed E-state index contributed by atoms with van der Waals surface area (Å²) in [7, 11) is 0. The van der Waals surface area contributed by atoms with Gasteiger partial charge in [-0.1, -0.05) is 71.2 Å². The highest BCUT2D eigenvalue weighted by molar-refractivity contribution is 7.80. The fourth-order valence-electron chi connectivity index (χ4n) is 2.81. The van der Waals surface area contributed by atoms with E-state index in [0.717, 1.165) is 10.8 Å². The average molecular weight is 447 g/mol. The van der Waals surface area contributed by atoms with E-state index >= 15 is 0 Å². The van der Waals surface area contributed by atoms with Crippen molar-refractivity contribution in [2.24, 2.45) is 0 Å². The summed E-state index contributed by atoms with van der Waals surface area (Å²) in [5.74, 6) is -0.361. The van der Waals surface area contributed by atoms with Gasteiger partial charge in [0.1, 0.15) is 6.17 Å². The number of hydrogen-bond acceptors (Lipinski definition) is 3. The number of halogens is 3. The first-order valence-electron chi connectivity index (χ1n) is 8.35. The molecule has 1 aliphatic heterocycles. The Bertz CT molecular complexity index is 833. The van der Waals surface area contributed by atoms with Gasteiger partial charge >= 0.3 is 0 Å². The monoisotopic (exact) mass is 445 g/mol. The Morgan fingerprint density at radius 3 is 2.44 bits per heavy atom. The summed E-state index contributed by atoms with van der Waals surface area (Å²) in [5.41, 5.74) is 0.492. The van der Waals surface area contributed by atoms with Gasteiger partial charge in [-0.3, -0.25) is 4.79 Å². The Morgan fingerprint density at radius 1 is 1.07 bits per heavy atom. The molecule has 27 heavy (non-hydrogen) atoms. The van der Waals surface area contributed by atoms with Gasteiger partial charge in [0.05, 0.1) is 13.2 Å². The number of morpholine rings is 1. The average Bonchev–Trinajstić information content (AvgIpc) is 2.66. The fourth-order valence-corrected chi connectivity index (χ4v) is 3.44. The van der Waals surface area contributed by atoms with E-state index in [1.165, 1.54) is 0 Å². The molecule has 9 heteroatoms. The number of nitrogens with zero attached hydrogens (tertiary/aromatic N) is 1. The number of amides is 1. The van der Waals surface area contributed by atoms with Crippen molar-refractivity contribution in [1.29, 1.82) is 0 Å². The molecule has 0 saturated carbocycles. The van der Waals surface area contributed by atoms with E-state index in [2.05, 4.69) is 10.6 Å². The summed E-state index contributed by atoms with van der Waals surface area (Å²) < 4.78 is 3.51. The predicted molar refractivity (Wildman–Crippen MR) is 114 cm³/mol. The van der Waals surface area contributed by atoms with Crippen molar-refractivity contribution in [3.05, 3.63) is 48.0 Å². The number of hydrogen-bond donors (Lipinski definition) is 2. The number of carbonyl (C=O) groups is 1. The lowest BCUT2D eigenvalue weighted by Crippen LogP contribution is -2.59. The largest absolute Gasteiger partial charge is 0.378 e. The summed E-state index contributed by atoms with van der Waals surface area (Å²) in [6.07, 6.45) is -0.996. The van der Waals surface area contributed by atoms with Crippen LogP contribution in [0.2, 0.25) is 0 Å². The van der Waals surface area contributed by atoms with Gasteiger partial charge in [0, 0.05) is 18.7 Å². The van der Waals surface area contributed by atoms with E-state index < -0.39 is 9.96 Å². The van der Waals surface area contributed by atoms with Gasteiger partial charge in [-0.05, 0) is 29.1 Å². The number of alkyl halides is 3. The highest BCUT2D eigenvalue weighted by Gasteiger charge is 2.35. The molecule has 2 aromatic rings. The zero-order valence-electron chi connectivity index (χ0n) is 14.3. The Labute approximate surface area is 177 Å². The first-order chi connectivity index (χ1) is 12.9. The summed E-state index contributed by atoms with van der Waals surface area (Å²) in [5, 5.41) is 7.86. The van der Waals surface area contributed by atoms with Crippen LogP contribution in [0.3, 0.4) is 0 Å². The van der Waals surface area contributed by atoms with E-state index in [0.29, 0.717) is 37.0 Å². The summed E-state index contributed by atoms with van der Waals surface area (Å²) in [6, 6.07) is 13.1. The smallest absolute Gasteiger partial charge is 0.253 e. The van der Waals surface area contributed by atoms with Crippen LogP contribution >= 0.6 is 47.0 Å². The molecule has 0 unspecified atom stereocenters. The van der Waals surface area contributed by atoms with E-state index in [1.807, 2.05) is 41.3 Å². The quantitative estimate of drug-likeness (QED) is 0.429. The van der Waals surface area contributed by atoms with Crippen molar-refractivity contribution in [3.8, 4) is 0 Å². The van der Waals surface area contributed by atoms with E-state index in [1.54, 1.807) is 6.07 Å². The van der Waals surface area contributed by atoms with Crippen LogP contribution < -0.4 is 10.6 Å². The molecule has 0 aliphatic carbocycles. The van der Waals surface area contributed by atoms with Gasteiger partial charge in [0.15, 0.2) is 5.11 Å². The van der Waals surface area contributed by atoms with Crippen molar-refractivity contribution in [2.45, 2.75) is 9.96 Å². The molecule has 1 fully saturated rings. The van der Waals surface area contributed by atoms with Crippen molar-refractivity contribution in [2.75, 3.05) is 26.3 Å². The van der Waals surface area contributed by atoms with Crippen molar-refractivity contribution < 1.29 is 9.53 Å². The summed E-state index contributed by atoms with van der Waals surface area (Å²) in [4.78, 5) is 14.8. The van der Waals surface area contributed by atoms with Crippen LogP contribution in [0.4, 0.5) is 0 Å². The Balaban J connectivity index is 1.77. The number of thiocarbonyl (C=S) groups is 1. The number of fused-ring (bicyclic) bond motifs is 1. The molecule has 0 aromatic heterocycles. The van der Waals surface area contributed by atoms with Gasteiger partial charge in [0.2, 0.25) is 3.79 Å². The third-order valence-corrected chi connectivity index (χ3v) is 5.23. The normalized spacial score (nSPS) is 16.0. The second-order valence-electron chi connectivity index (χ2n) is 6.02. The minimum absolute atomic E-state index is 0.361. The maximum absolute atomic E-state index is 12.9. The second kappa shape index (κ2) is 8.80. The van der Waals surface area contributed by atoms with E-state index in [9.17, 15) is 4.79 Å². The molecule has 5 nitrogen and oxygen atoms in total. The van der Waals surface area contributed by atoms with Crippen LogP contribution in [0.15, 0.2) is 42.5 Å². The Hall–Kier alpha value is -1.31. The molecule has 0 bridgehead atoms. The Kier molecular flexibility index (Phi) is 6.65. The maximum Gasteiger partial charge on any atom is 0.253 e. The lowest BCUT2D eigenvalue weighted by Gasteiger charge is -2.34. The zero-order chi connectivity index (χ0) is 19.4. The minimum Gasteiger partial charge on any atom is -0.378 e. The number of rotatable bonds is 3. The highest BCUT2D eigenvalue weighted by Crippen LogP contribution is 2.30. The van der Waals surface area contributed by atoms with Gasteiger partial charge in [-0.15, -0.1) is 0 Å². The minimum atomic E-state index is -1.80. The molecule has 144 valence electrons. The maximum atomic E-state index is 12.9. The fraction of sp³-hybridized carbons (Fsp3) is 0.333. The molecular weight excluding hydrogens is 429 g/mol. The zero-order valence-corrected chi connectivity index (χ0v) is 17.3. The lowest BCUT2D eigenvalue weighted by molar-refractivity contribution is 0.0671. The molecular formula is C18H18Cl3N3O2S. The molecule has 3 rings (SSSR count). The van der Waals surface area contributed by atoms with Crippen LogP contribution in [-0.2, 0) is 4.74 Å². The van der Waals surface area contributed by atoms with Crippen molar-refractivity contribution in [3.63, 3.8) is 0 Å². The summed E-state index contributed by atoms with van der Waals surface area (Å²) >= 11 is 23.6. The van der Waals surface area contributed by atoms with Gasteiger partial charge in [-0.25, -0.2) is 0 Å². The van der Waals surface area contributed by atoms with E-state index in [-0.39, 0.29) is 5.91 Å². The SMILES string of the molecule is O=C(N[C@H](NC(=S)N1CCOCC1)C(Cl)(Cl)Cl)c1cccc2ccccc12. The molecule has 2 aromatic carbocycles. The van der Waals surface area contributed by atoms with Crippen LogP contribution in [0.25, 0.3) is 10.8 Å². The van der Waals surface area contributed by atoms with E-state index in [4.69, 9.17) is 51.8 Å². The van der Waals surface area contributed by atoms with Crippen molar-refractivity contribution in [1.82, 2.24) is 15.5 Å². The predicted octanol–water partition coefficient (Wildman–Crippen LogP) is 3.47. The van der Waals surface area contributed by atoms with Gasteiger partial charge in [0.25, 0.3) is 5.91 Å². The molecule has 0 radical (unpaired) electrons. The molecule has 1 heterocycles. The van der Waals surface area contributed by atoms with Gasteiger partial charge < -0.3 is 20.3 Å².